The Morgan fingerprint density at radius 3 is 2.75 bits per heavy atom. The number of carbonyl (C=O) groups is 1. The Morgan fingerprint density at radius 1 is 1.36 bits per heavy atom. The first-order valence-electron chi connectivity index (χ1n) is 10.4. The van der Waals surface area contributed by atoms with Crippen LogP contribution in [0.5, 0.6) is 0 Å². The van der Waals surface area contributed by atoms with Crippen molar-refractivity contribution in [2.75, 3.05) is 19.6 Å². The van der Waals surface area contributed by atoms with Gasteiger partial charge in [-0.2, -0.15) is 0 Å². The van der Waals surface area contributed by atoms with Crippen molar-refractivity contribution in [3.63, 3.8) is 0 Å². The summed E-state index contributed by atoms with van der Waals surface area (Å²) in [5.74, 6) is -0.409. The zero-order valence-electron chi connectivity index (χ0n) is 16.7. The summed E-state index contributed by atoms with van der Waals surface area (Å²) in [4.78, 5) is 15.5. The van der Waals surface area contributed by atoms with Crippen LogP contribution in [0.3, 0.4) is 0 Å². The molecule has 2 fully saturated rings. The molecule has 28 heavy (non-hydrogen) atoms. The minimum absolute atomic E-state index is 0.167. The second kappa shape index (κ2) is 7.39. The van der Waals surface area contributed by atoms with Gasteiger partial charge in [0, 0.05) is 31.0 Å². The van der Waals surface area contributed by atoms with Crippen molar-refractivity contribution in [2.24, 2.45) is 17.6 Å². The van der Waals surface area contributed by atoms with Gasteiger partial charge in [0.2, 0.25) is 0 Å². The average molecular weight is 387 g/mol. The Labute approximate surface area is 166 Å². The molecule has 6 heteroatoms. The third kappa shape index (κ3) is 3.39. The van der Waals surface area contributed by atoms with Crippen molar-refractivity contribution in [3.8, 4) is 0 Å². The highest BCUT2D eigenvalue weighted by atomic mass is 19.1. The van der Waals surface area contributed by atoms with Crippen molar-refractivity contribution in [3.05, 3.63) is 46.2 Å². The second-order valence-electron chi connectivity index (χ2n) is 8.58. The van der Waals surface area contributed by atoms with Crippen LogP contribution in [0.15, 0.2) is 46.2 Å². The van der Waals surface area contributed by atoms with E-state index in [0.29, 0.717) is 23.1 Å². The monoisotopic (exact) mass is 387 g/mol. The minimum atomic E-state index is -0.925. The van der Waals surface area contributed by atoms with Crippen LogP contribution in [0, 0.1) is 11.8 Å². The molecular weight excluding hydrogens is 357 g/mol. The molecule has 152 valence electrons. The number of carboxylic acids is 1. The summed E-state index contributed by atoms with van der Waals surface area (Å²) in [7, 11) is 0. The smallest absolute Gasteiger partial charge is 0.333 e. The van der Waals surface area contributed by atoms with E-state index < -0.39 is 5.97 Å². The summed E-state index contributed by atoms with van der Waals surface area (Å²) in [6.45, 7) is 5.94. The molecule has 0 radical (unpaired) electrons. The van der Waals surface area contributed by atoms with E-state index in [4.69, 9.17) is 5.73 Å². The lowest BCUT2D eigenvalue weighted by Crippen LogP contribution is -2.35. The lowest BCUT2D eigenvalue weighted by atomic mass is 9.92. The predicted octanol–water partition coefficient (Wildman–Crippen LogP) is 3.52. The van der Waals surface area contributed by atoms with Gasteiger partial charge in [-0.05, 0) is 61.7 Å². The molecule has 0 aromatic heterocycles. The number of hydrogen-bond donors (Lipinski definition) is 2. The molecule has 1 saturated carbocycles. The second-order valence-corrected chi connectivity index (χ2v) is 8.58. The van der Waals surface area contributed by atoms with Crippen LogP contribution >= 0.6 is 0 Å². The number of halogens is 1. The van der Waals surface area contributed by atoms with Crippen molar-refractivity contribution >= 4 is 5.97 Å². The van der Waals surface area contributed by atoms with E-state index in [2.05, 4.69) is 11.8 Å². The summed E-state index contributed by atoms with van der Waals surface area (Å²) in [5, 5.41) is 9.47. The molecule has 4 rings (SSSR count). The van der Waals surface area contributed by atoms with E-state index in [9.17, 15) is 9.90 Å². The van der Waals surface area contributed by atoms with Crippen LogP contribution in [0.2, 0.25) is 0 Å². The number of hydrogen-bond acceptors (Lipinski definition) is 4. The van der Waals surface area contributed by atoms with Gasteiger partial charge in [0.25, 0.3) is 0 Å². The first kappa shape index (κ1) is 19.2. The van der Waals surface area contributed by atoms with E-state index in [1.165, 1.54) is 6.20 Å². The standard InChI is InChI=1S/C22H30FN3O2/c1-3-4-19(24)15-7-8-25(10-15)21-13(2)20-17(14-5-6-14)9-16(22(27)28)11-26(20)12-18(21)23/h9,12,14-15,19H,3-8,10-11,24H2,1-2H3,(H,27,28). The number of likely N-dealkylation sites (tertiary alicyclic amines) is 1. The molecule has 4 aliphatic rings. The number of rotatable bonds is 6. The number of aliphatic carboxylic acids is 1. The van der Waals surface area contributed by atoms with E-state index in [0.717, 1.165) is 62.0 Å². The fraction of sp³-hybridized carbons (Fsp3) is 0.591. The van der Waals surface area contributed by atoms with E-state index >= 15 is 4.39 Å². The lowest BCUT2D eigenvalue weighted by molar-refractivity contribution is -0.132. The predicted molar refractivity (Wildman–Crippen MR) is 107 cm³/mol. The molecule has 3 N–H and O–H groups in total. The SMILES string of the molecule is CCCC(N)C1CCN(C2=C(C)C3=C(C4CC4)C=C(C(=O)O)CN3C=C2F)C1. The summed E-state index contributed by atoms with van der Waals surface area (Å²) in [6.07, 6.45) is 8.53. The highest BCUT2D eigenvalue weighted by molar-refractivity contribution is 5.88. The fourth-order valence-electron chi connectivity index (χ4n) is 4.89. The molecule has 1 aliphatic carbocycles. The summed E-state index contributed by atoms with van der Waals surface area (Å²) < 4.78 is 15.2. The summed E-state index contributed by atoms with van der Waals surface area (Å²) in [6, 6.07) is 0.167. The normalized spacial score (nSPS) is 26.4. The van der Waals surface area contributed by atoms with Gasteiger partial charge in [0.15, 0.2) is 5.83 Å². The number of nitrogens with two attached hydrogens (primary N) is 1. The van der Waals surface area contributed by atoms with Crippen molar-refractivity contribution in [1.82, 2.24) is 9.80 Å². The molecule has 3 heterocycles. The zero-order valence-corrected chi connectivity index (χ0v) is 16.7. The quantitative estimate of drug-likeness (QED) is 0.730. The van der Waals surface area contributed by atoms with Crippen LogP contribution in [-0.4, -0.2) is 46.6 Å². The first-order valence-corrected chi connectivity index (χ1v) is 10.4. The molecule has 0 bridgehead atoms. The largest absolute Gasteiger partial charge is 0.478 e. The van der Waals surface area contributed by atoms with Crippen LogP contribution in [0.4, 0.5) is 4.39 Å². The van der Waals surface area contributed by atoms with Crippen molar-refractivity contribution < 1.29 is 14.3 Å². The van der Waals surface area contributed by atoms with Gasteiger partial charge in [0.05, 0.1) is 17.8 Å². The number of nitrogens with zero attached hydrogens (tertiary/aromatic N) is 2. The Hall–Kier alpha value is -2.08. The summed E-state index contributed by atoms with van der Waals surface area (Å²) >= 11 is 0. The Kier molecular flexibility index (Phi) is 5.08. The molecule has 0 amide bonds. The molecule has 5 nitrogen and oxygen atoms in total. The van der Waals surface area contributed by atoms with Crippen LogP contribution < -0.4 is 5.73 Å². The maximum atomic E-state index is 15.2. The topological polar surface area (TPSA) is 69.8 Å². The highest BCUT2D eigenvalue weighted by Gasteiger charge is 2.38. The molecule has 0 spiro atoms. The number of allylic oxidation sites excluding steroid dienone is 4. The lowest BCUT2D eigenvalue weighted by Gasteiger charge is -2.37. The Balaban J connectivity index is 1.68. The maximum absolute atomic E-state index is 15.2. The number of fused-ring (bicyclic) bond motifs is 1. The molecular formula is C22H30FN3O2. The van der Waals surface area contributed by atoms with Gasteiger partial charge < -0.3 is 20.6 Å². The first-order chi connectivity index (χ1) is 13.4. The fourth-order valence-corrected chi connectivity index (χ4v) is 4.89. The minimum Gasteiger partial charge on any atom is -0.478 e. The molecule has 0 aromatic rings. The van der Waals surface area contributed by atoms with Crippen molar-refractivity contribution in [1.29, 1.82) is 0 Å². The van der Waals surface area contributed by atoms with Crippen molar-refractivity contribution in [2.45, 2.75) is 52.0 Å². The third-order valence-corrected chi connectivity index (χ3v) is 6.50. The Morgan fingerprint density at radius 2 is 2.11 bits per heavy atom. The van der Waals surface area contributed by atoms with Gasteiger partial charge in [-0.15, -0.1) is 0 Å². The van der Waals surface area contributed by atoms with Gasteiger partial charge in [-0.1, -0.05) is 13.3 Å². The third-order valence-electron chi connectivity index (χ3n) is 6.50. The zero-order chi connectivity index (χ0) is 20.0. The maximum Gasteiger partial charge on any atom is 0.333 e. The average Bonchev–Trinajstić information content (AvgIpc) is 3.38. The van der Waals surface area contributed by atoms with E-state index in [-0.39, 0.29) is 18.4 Å². The van der Waals surface area contributed by atoms with E-state index in [1.54, 1.807) is 4.90 Å². The molecule has 3 aliphatic heterocycles. The Bertz CT molecular complexity index is 807. The van der Waals surface area contributed by atoms with Crippen LogP contribution in [0.25, 0.3) is 0 Å². The summed E-state index contributed by atoms with van der Waals surface area (Å²) in [5.41, 5.74) is 10.3. The number of carboxylic acid groups (broad SMARTS) is 1. The molecule has 1 saturated heterocycles. The van der Waals surface area contributed by atoms with Gasteiger partial charge in [0.1, 0.15) is 0 Å². The highest BCUT2D eigenvalue weighted by Crippen LogP contribution is 2.46. The molecule has 2 atom stereocenters. The molecule has 0 aromatic carbocycles. The van der Waals surface area contributed by atoms with E-state index in [1.807, 2.05) is 13.0 Å². The van der Waals surface area contributed by atoms with Gasteiger partial charge in [-0.3, -0.25) is 0 Å². The molecule has 2 unspecified atom stereocenters. The van der Waals surface area contributed by atoms with Crippen LogP contribution in [-0.2, 0) is 4.79 Å². The van der Waals surface area contributed by atoms with Crippen LogP contribution in [0.1, 0.15) is 46.0 Å². The van der Waals surface area contributed by atoms with Gasteiger partial charge >= 0.3 is 5.97 Å². The van der Waals surface area contributed by atoms with Gasteiger partial charge in [-0.25, -0.2) is 9.18 Å².